The lowest BCUT2D eigenvalue weighted by Gasteiger charge is -2.16. The molecule has 0 aromatic heterocycles. The van der Waals surface area contributed by atoms with Crippen LogP contribution < -0.4 is 10.6 Å². The Morgan fingerprint density at radius 1 is 1.18 bits per heavy atom. The summed E-state index contributed by atoms with van der Waals surface area (Å²) in [5.74, 6) is -3.94. The maximum atomic E-state index is 13.6. The number of carbonyl (C=O) groups is 1. The van der Waals surface area contributed by atoms with Gasteiger partial charge in [-0.05, 0) is 37.3 Å². The van der Waals surface area contributed by atoms with E-state index in [0.29, 0.717) is 6.07 Å². The molecule has 0 bridgehead atoms. The molecule has 1 amide bonds. The second kappa shape index (κ2) is 6.95. The van der Waals surface area contributed by atoms with Crippen LogP contribution in [0.25, 0.3) is 0 Å². The highest BCUT2D eigenvalue weighted by molar-refractivity contribution is 7.92. The van der Waals surface area contributed by atoms with E-state index in [1.54, 1.807) is 0 Å². The van der Waals surface area contributed by atoms with Crippen LogP contribution in [-0.2, 0) is 24.7 Å². The third kappa shape index (κ3) is 4.02. The molecule has 0 spiro atoms. The molecular formula is C16H13F2N3O5S2. The first-order valence-corrected chi connectivity index (χ1v) is 10.8. The van der Waals surface area contributed by atoms with Crippen molar-refractivity contribution in [2.24, 2.45) is 4.40 Å². The lowest BCUT2D eigenvalue weighted by atomic mass is 10.3. The number of fused-ring (bicyclic) bond motifs is 1. The van der Waals surface area contributed by atoms with Crippen LogP contribution in [-0.4, -0.2) is 34.3 Å². The second-order valence-electron chi connectivity index (χ2n) is 5.87. The van der Waals surface area contributed by atoms with Crippen LogP contribution in [0.1, 0.15) is 6.92 Å². The molecule has 1 aliphatic rings. The third-order valence-electron chi connectivity index (χ3n) is 3.69. The van der Waals surface area contributed by atoms with Gasteiger partial charge in [-0.25, -0.2) is 17.2 Å². The van der Waals surface area contributed by atoms with E-state index in [4.69, 9.17) is 0 Å². The summed E-state index contributed by atoms with van der Waals surface area (Å²) >= 11 is 0. The first-order valence-electron chi connectivity index (χ1n) is 7.68. The van der Waals surface area contributed by atoms with E-state index >= 15 is 0 Å². The number of amides is 1. The molecule has 0 unspecified atom stereocenters. The first kappa shape index (κ1) is 19.9. The van der Waals surface area contributed by atoms with E-state index in [1.165, 1.54) is 13.0 Å². The fourth-order valence-electron chi connectivity index (χ4n) is 2.49. The van der Waals surface area contributed by atoms with Gasteiger partial charge in [-0.2, -0.15) is 8.42 Å². The molecular weight excluding hydrogens is 416 g/mol. The molecule has 148 valence electrons. The van der Waals surface area contributed by atoms with Gasteiger partial charge in [-0.3, -0.25) is 4.79 Å². The molecule has 12 heteroatoms. The van der Waals surface area contributed by atoms with Gasteiger partial charge in [-0.15, -0.1) is 4.40 Å². The van der Waals surface area contributed by atoms with Crippen LogP contribution in [0.15, 0.2) is 50.6 Å². The van der Waals surface area contributed by atoms with Crippen LogP contribution in [0.4, 0.5) is 20.2 Å². The predicted molar refractivity (Wildman–Crippen MR) is 97.4 cm³/mol. The molecule has 28 heavy (non-hydrogen) atoms. The summed E-state index contributed by atoms with van der Waals surface area (Å²) in [5, 5.41) is 4.74. The molecule has 2 aromatic rings. The van der Waals surface area contributed by atoms with Crippen LogP contribution >= 0.6 is 0 Å². The Balaban J connectivity index is 1.85. The molecule has 0 radical (unpaired) electrons. The number of amidine groups is 1. The fraction of sp³-hybridized carbons (Fsp3) is 0.125. The van der Waals surface area contributed by atoms with E-state index in [2.05, 4.69) is 9.71 Å². The molecule has 0 fully saturated rings. The van der Waals surface area contributed by atoms with E-state index in [0.717, 1.165) is 24.3 Å². The number of benzene rings is 2. The van der Waals surface area contributed by atoms with Gasteiger partial charge in [-0.1, -0.05) is 0 Å². The molecule has 0 saturated carbocycles. The maximum Gasteiger partial charge on any atom is 0.286 e. The highest BCUT2D eigenvalue weighted by Crippen LogP contribution is 2.30. The number of carbonyl (C=O) groups excluding carboxylic acids is 1. The van der Waals surface area contributed by atoms with E-state index in [9.17, 15) is 30.4 Å². The minimum Gasteiger partial charge on any atom is -0.342 e. The number of sulfone groups is 1. The number of rotatable bonds is 4. The van der Waals surface area contributed by atoms with Crippen LogP contribution in [0.3, 0.4) is 0 Å². The lowest BCUT2D eigenvalue weighted by molar-refractivity contribution is -0.113. The third-order valence-corrected chi connectivity index (χ3v) is 6.71. The lowest BCUT2D eigenvalue weighted by Crippen LogP contribution is -2.24. The minimum atomic E-state index is -4.25. The van der Waals surface area contributed by atoms with Gasteiger partial charge in [0, 0.05) is 6.07 Å². The van der Waals surface area contributed by atoms with Crippen molar-refractivity contribution in [3.63, 3.8) is 0 Å². The SMILES string of the molecule is CC1=NS(=O)(=O)c2cc(S(=O)(=O)CC(=O)Nc3ccc(F)cc3F)ccc2N1. The van der Waals surface area contributed by atoms with Gasteiger partial charge >= 0.3 is 0 Å². The Morgan fingerprint density at radius 3 is 2.57 bits per heavy atom. The molecule has 8 nitrogen and oxygen atoms in total. The average Bonchev–Trinajstić information content (AvgIpc) is 2.55. The summed E-state index contributed by atoms with van der Waals surface area (Å²) in [6, 6.07) is 5.67. The smallest absolute Gasteiger partial charge is 0.286 e. The van der Waals surface area contributed by atoms with Gasteiger partial charge in [0.25, 0.3) is 10.0 Å². The standard InChI is InChI=1S/C16H13F2N3O5S2/c1-9-19-14-5-3-11(7-15(14)28(25,26)21-9)27(23,24)8-16(22)20-13-4-2-10(17)6-12(13)18/h2-7H,8H2,1H3,(H,19,21)(H,20,22). The minimum absolute atomic E-state index is 0.129. The summed E-state index contributed by atoms with van der Waals surface area (Å²) < 4.78 is 79.1. The van der Waals surface area contributed by atoms with Crippen molar-refractivity contribution in [2.75, 3.05) is 16.4 Å². The summed E-state index contributed by atoms with van der Waals surface area (Å²) in [6.45, 7) is 1.43. The van der Waals surface area contributed by atoms with Gasteiger partial charge in [0.1, 0.15) is 28.1 Å². The Hall–Kier alpha value is -2.86. The van der Waals surface area contributed by atoms with Gasteiger partial charge < -0.3 is 10.6 Å². The zero-order valence-electron chi connectivity index (χ0n) is 14.2. The normalized spacial score (nSPS) is 15.2. The highest BCUT2D eigenvalue weighted by atomic mass is 32.2. The van der Waals surface area contributed by atoms with Crippen molar-refractivity contribution < 1.29 is 30.4 Å². The molecule has 0 aliphatic carbocycles. The number of halogens is 2. The van der Waals surface area contributed by atoms with E-state index in [-0.39, 0.29) is 22.1 Å². The maximum absolute atomic E-state index is 13.6. The Bertz CT molecular complexity index is 1220. The fourth-order valence-corrected chi connectivity index (χ4v) is 4.90. The number of hydrogen-bond donors (Lipinski definition) is 2. The van der Waals surface area contributed by atoms with Crippen molar-refractivity contribution in [1.29, 1.82) is 0 Å². The van der Waals surface area contributed by atoms with Crippen molar-refractivity contribution in [3.8, 4) is 0 Å². The number of anilines is 2. The monoisotopic (exact) mass is 429 g/mol. The second-order valence-corrected chi connectivity index (χ2v) is 9.43. The molecule has 0 saturated heterocycles. The highest BCUT2D eigenvalue weighted by Gasteiger charge is 2.27. The van der Waals surface area contributed by atoms with Gasteiger partial charge in [0.05, 0.1) is 16.3 Å². The zero-order valence-corrected chi connectivity index (χ0v) is 15.9. The summed E-state index contributed by atoms with van der Waals surface area (Å²) in [4.78, 5) is 11.2. The quantitative estimate of drug-likeness (QED) is 0.766. The van der Waals surface area contributed by atoms with Crippen LogP contribution in [0.2, 0.25) is 0 Å². The van der Waals surface area contributed by atoms with Crippen LogP contribution in [0, 0.1) is 11.6 Å². The van der Waals surface area contributed by atoms with Gasteiger partial charge in [0.2, 0.25) is 5.91 Å². The molecule has 1 heterocycles. The molecule has 2 N–H and O–H groups in total. The number of sulfonamides is 1. The van der Waals surface area contributed by atoms with Crippen molar-refractivity contribution in [2.45, 2.75) is 16.7 Å². The summed E-state index contributed by atoms with van der Waals surface area (Å²) in [7, 11) is -8.33. The molecule has 3 rings (SSSR count). The summed E-state index contributed by atoms with van der Waals surface area (Å²) in [5.41, 5.74) is -0.229. The molecule has 1 aliphatic heterocycles. The van der Waals surface area contributed by atoms with Crippen molar-refractivity contribution in [3.05, 3.63) is 48.0 Å². The van der Waals surface area contributed by atoms with Crippen molar-refractivity contribution in [1.82, 2.24) is 0 Å². The Labute approximate surface area is 159 Å². The Kier molecular flexibility index (Phi) is 4.93. The first-order chi connectivity index (χ1) is 13.0. The summed E-state index contributed by atoms with van der Waals surface area (Å²) in [6.07, 6.45) is 0. The molecule has 0 atom stereocenters. The van der Waals surface area contributed by atoms with E-state index in [1.807, 2.05) is 5.32 Å². The topological polar surface area (TPSA) is 122 Å². The number of nitrogens with zero attached hydrogens (tertiary/aromatic N) is 1. The van der Waals surface area contributed by atoms with Crippen LogP contribution in [0.5, 0.6) is 0 Å². The largest absolute Gasteiger partial charge is 0.342 e. The number of hydrogen-bond acceptors (Lipinski definition) is 6. The van der Waals surface area contributed by atoms with Crippen molar-refractivity contribution >= 4 is 43.0 Å². The van der Waals surface area contributed by atoms with E-state index < -0.39 is 48.1 Å². The Morgan fingerprint density at radius 2 is 1.89 bits per heavy atom. The molecule has 2 aromatic carbocycles. The number of nitrogens with one attached hydrogen (secondary N) is 2. The average molecular weight is 429 g/mol. The van der Waals surface area contributed by atoms with Gasteiger partial charge in [0.15, 0.2) is 9.84 Å². The predicted octanol–water partition coefficient (Wildman–Crippen LogP) is 1.91. The zero-order chi connectivity index (χ0) is 20.7.